The molecule has 4 nitrogen and oxygen atoms in total. The van der Waals surface area contributed by atoms with Gasteiger partial charge in [-0.3, -0.25) is 4.68 Å². The molecule has 0 amide bonds. The van der Waals surface area contributed by atoms with Crippen LogP contribution in [-0.4, -0.2) is 27.6 Å². The number of unbranched alkanes of at least 4 members (excludes halogenated alkanes) is 5. The normalized spacial score (nSPS) is 12.8. The van der Waals surface area contributed by atoms with Crippen LogP contribution in [0.1, 0.15) is 70.9 Å². The number of hydrogen-bond acceptors (Lipinski definition) is 3. The van der Waals surface area contributed by atoms with Gasteiger partial charge in [-0.05, 0) is 19.4 Å². The monoisotopic (exact) mass is 280 g/mol. The summed E-state index contributed by atoms with van der Waals surface area (Å²) in [5.41, 5.74) is 1.10. The van der Waals surface area contributed by atoms with Gasteiger partial charge in [0.15, 0.2) is 0 Å². The molecule has 1 N–H and O–H groups in total. The lowest BCUT2D eigenvalue weighted by molar-refractivity contribution is 0.447. The van der Waals surface area contributed by atoms with Crippen molar-refractivity contribution in [3.8, 4) is 0 Å². The molecule has 0 bridgehead atoms. The maximum atomic E-state index is 4.21. The maximum Gasteiger partial charge on any atom is 0.0842 e. The van der Waals surface area contributed by atoms with Crippen molar-refractivity contribution in [3.05, 3.63) is 11.9 Å². The lowest BCUT2D eigenvalue weighted by Gasteiger charge is -2.17. The number of hydrogen-bond donors (Lipinski definition) is 1. The molecule has 0 aliphatic heterocycles. The Morgan fingerprint density at radius 3 is 2.50 bits per heavy atom. The van der Waals surface area contributed by atoms with Crippen LogP contribution in [0, 0.1) is 0 Å². The Labute approximate surface area is 124 Å². The van der Waals surface area contributed by atoms with Crippen LogP contribution in [0.5, 0.6) is 0 Å². The molecule has 116 valence electrons. The standard InChI is InChI=1S/C16H32N4/c1-4-6-7-8-9-10-11-15(17-12-5-2)13-16-14-20(3)19-18-16/h14-15,17H,4-13H2,1-3H3. The third-order valence-electron chi connectivity index (χ3n) is 3.69. The molecule has 0 fully saturated rings. The SMILES string of the molecule is CCCCCCCCC(Cc1cn(C)nn1)NCCC. The van der Waals surface area contributed by atoms with Crippen LogP contribution in [0.4, 0.5) is 0 Å². The van der Waals surface area contributed by atoms with Crippen molar-refractivity contribution in [1.82, 2.24) is 20.3 Å². The van der Waals surface area contributed by atoms with E-state index in [9.17, 15) is 0 Å². The Hall–Kier alpha value is -0.900. The average molecular weight is 280 g/mol. The zero-order chi connectivity index (χ0) is 14.6. The first-order valence-corrected chi connectivity index (χ1v) is 8.34. The van der Waals surface area contributed by atoms with Crippen molar-refractivity contribution in [3.63, 3.8) is 0 Å². The highest BCUT2D eigenvalue weighted by Crippen LogP contribution is 2.11. The number of aryl methyl sites for hydroxylation is 1. The van der Waals surface area contributed by atoms with Crippen LogP contribution in [0.15, 0.2) is 6.20 Å². The zero-order valence-electron chi connectivity index (χ0n) is 13.6. The van der Waals surface area contributed by atoms with Gasteiger partial charge in [-0.1, -0.05) is 57.6 Å². The van der Waals surface area contributed by atoms with Crippen molar-refractivity contribution in [2.45, 2.75) is 77.7 Å². The Morgan fingerprint density at radius 2 is 1.85 bits per heavy atom. The predicted octanol–water partition coefficient (Wildman–Crippen LogP) is 3.48. The van der Waals surface area contributed by atoms with E-state index in [0.717, 1.165) is 18.7 Å². The summed E-state index contributed by atoms with van der Waals surface area (Å²) < 4.78 is 1.79. The zero-order valence-corrected chi connectivity index (χ0v) is 13.6. The van der Waals surface area contributed by atoms with Gasteiger partial charge in [-0.25, -0.2) is 0 Å². The van der Waals surface area contributed by atoms with Crippen LogP contribution in [-0.2, 0) is 13.5 Å². The minimum Gasteiger partial charge on any atom is -0.314 e. The van der Waals surface area contributed by atoms with Crippen LogP contribution >= 0.6 is 0 Å². The predicted molar refractivity (Wildman–Crippen MR) is 84.8 cm³/mol. The van der Waals surface area contributed by atoms with E-state index in [1.54, 1.807) is 4.68 Å². The third kappa shape index (κ3) is 7.63. The first kappa shape index (κ1) is 17.2. The van der Waals surface area contributed by atoms with E-state index in [2.05, 4.69) is 29.5 Å². The van der Waals surface area contributed by atoms with E-state index in [-0.39, 0.29) is 0 Å². The molecule has 0 saturated carbocycles. The summed E-state index contributed by atoms with van der Waals surface area (Å²) in [5, 5.41) is 11.9. The molecule has 0 aliphatic carbocycles. The van der Waals surface area contributed by atoms with Crippen LogP contribution in [0.2, 0.25) is 0 Å². The highest BCUT2D eigenvalue weighted by atomic mass is 15.4. The van der Waals surface area contributed by atoms with Gasteiger partial charge in [0.1, 0.15) is 0 Å². The molecule has 1 atom stereocenters. The van der Waals surface area contributed by atoms with Gasteiger partial charge in [0.05, 0.1) is 5.69 Å². The van der Waals surface area contributed by atoms with E-state index in [0.29, 0.717) is 6.04 Å². The summed E-state index contributed by atoms with van der Waals surface area (Å²) in [6, 6.07) is 0.554. The quantitative estimate of drug-likeness (QED) is 0.596. The molecule has 1 rings (SSSR count). The average Bonchev–Trinajstić information content (AvgIpc) is 2.85. The molecule has 4 heteroatoms. The van der Waals surface area contributed by atoms with Gasteiger partial charge >= 0.3 is 0 Å². The summed E-state index contributed by atoms with van der Waals surface area (Å²) in [5.74, 6) is 0. The molecule has 0 saturated heterocycles. The van der Waals surface area contributed by atoms with Gasteiger partial charge < -0.3 is 5.32 Å². The number of nitrogens with one attached hydrogen (secondary N) is 1. The van der Waals surface area contributed by atoms with E-state index in [1.807, 2.05) is 13.2 Å². The van der Waals surface area contributed by atoms with Gasteiger partial charge in [0.25, 0.3) is 0 Å². The second-order valence-corrected chi connectivity index (χ2v) is 5.80. The Balaban J connectivity index is 2.24. The lowest BCUT2D eigenvalue weighted by atomic mass is 10.0. The molecule has 1 aromatic rings. The smallest absolute Gasteiger partial charge is 0.0842 e. The van der Waals surface area contributed by atoms with Gasteiger partial charge in [0.2, 0.25) is 0 Å². The van der Waals surface area contributed by atoms with Crippen LogP contribution < -0.4 is 5.32 Å². The molecule has 0 radical (unpaired) electrons. The molecule has 0 aromatic carbocycles. The molecular formula is C16H32N4. The number of rotatable bonds is 12. The summed E-state index contributed by atoms with van der Waals surface area (Å²) in [4.78, 5) is 0. The van der Waals surface area contributed by atoms with E-state index in [1.165, 1.54) is 51.4 Å². The molecule has 0 aliphatic rings. The summed E-state index contributed by atoms with van der Waals surface area (Å²) >= 11 is 0. The first-order chi connectivity index (χ1) is 9.76. The van der Waals surface area contributed by atoms with Crippen LogP contribution in [0.25, 0.3) is 0 Å². The van der Waals surface area contributed by atoms with Gasteiger partial charge in [-0.2, -0.15) is 0 Å². The molecule has 1 heterocycles. The van der Waals surface area contributed by atoms with Crippen molar-refractivity contribution >= 4 is 0 Å². The lowest BCUT2D eigenvalue weighted by Crippen LogP contribution is -2.32. The van der Waals surface area contributed by atoms with Crippen molar-refractivity contribution in [2.24, 2.45) is 7.05 Å². The number of nitrogens with zero attached hydrogens (tertiary/aromatic N) is 3. The summed E-state index contributed by atoms with van der Waals surface area (Å²) in [6.45, 7) is 5.59. The van der Waals surface area contributed by atoms with Crippen molar-refractivity contribution < 1.29 is 0 Å². The fraction of sp³-hybridized carbons (Fsp3) is 0.875. The molecule has 1 unspecified atom stereocenters. The highest BCUT2D eigenvalue weighted by Gasteiger charge is 2.10. The molecule has 20 heavy (non-hydrogen) atoms. The highest BCUT2D eigenvalue weighted by molar-refractivity contribution is 4.95. The van der Waals surface area contributed by atoms with Crippen molar-refractivity contribution in [1.29, 1.82) is 0 Å². The first-order valence-electron chi connectivity index (χ1n) is 8.34. The van der Waals surface area contributed by atoms with E-state index >= 15 is 0 Å². The third-order valence-corrected chi connectivity index (χ3v) is 3.69. The Bertz CT molecular complexity index is 335. The van der Waals surface area contributed by atoms with Crippen molar-refractivity contribution in [2.75, 3.05) is 6.54 Å². The molecule has 0 spiro atoms. The largest absolute Gasteiger partial charge is 0.314 e. The topological polar surface area (TPSA) is 42.7 Å². The molecule has 1 aromatic heterocycles. The summed E-state index contributed by atoms with van der Waals surface area (Å²) in [6.07, 6.45) is 13.7. The van der Waals surface area contributed by atoms with Gasteiger partial charge in [-0.15, -0.1) is 5.10 Å². The Morgan fingerprint density at radius 1 is 1.10 bits per heavy atom. The second kappa shape index (κ2) is 10.8. The summed E-state index contributed by atoms with van der Waals surface area (Å²) in [7, 11) is 1.93. The minimum absolute atomic E-state index is 0.554. The maximum absolute atomic E-state index is 4.21. The fourth-order valence-electron chi connectivity index (χ4n) is 2.54. The van der Waals surface area contributed by atoms with Gasteiger partial charge in [0, 0.05) is 25.7 Å². The second-order valence-electron chi connectivity index (χ2n) is 5.80. The Kier molecular flexibility index (Phi) is 9.29. The molecular weight excluding hydrogens is 248 g/mol. The minimum atomic E-state index is 0.554. The van der Waals surface area contributed by atoms with E-state index < -0.39 is 0 Å². The number of aromatic nitrogens is 3. The van der Waals surface area contributed by atoms with E-state index in [4.69, 9.17) is 0 Å². The van der Waals surface area contributed by atoms with Crippen LogP contribution in [0.3, 0.4) is 0 Å². The fourth-order valence-corrected chi connectivity index (χ4v) is 2.54.